The molecule has 4 nitrogen and oxygen atoms in total. The molecule has 0 aliphatic heterocycles. The standard InChI is InChI=1S/C20H19N3OS/c21-20-22(13-15-7-2-1-3-8-15)16-9-4-5-10-17(16)23(20)14-18(24)19-11-6-12-25-19/h1-12,18,21,24H,13-14H2/t18-/m0/s1. The number of aliphatic hydroxyl groups is 1. The van der Waals surface area contributed by atoms with Gasteiger partial charge in [-0.2, -0.15) is 0 Å². The van der Waals surface area contributed by atoms with Crippen molar-refractivity contribution >= 4 is 22.4 Å². The summed E-state index contributed by atoms with van der Waals surface area (Å²) in [5.41, 5.74) is 3.54. The van der Waals surface area contributed by atoms with Crippen LogP contribution in [0.5, 0.6) is 0 Å². The zero-order chi connectivity index (χ0) is 17.2. The monoisotopic (exact) mass is 349 g/mol. The first-order valence-electron chi connectivity index (χ1n) is 8.22. The van der Waals surface area contributed by atoms with Crippen molar-refractivity contribution in [2.75, 3.05) is 0 Å². The molecule has 2 N–H and O–H groups in total. The molecule has 0 aliphatic rings. The number of aliphatic hydroxyl groups excluding tert-OH is 1. The van der Waals surface area contributed by atoms with E-state index in [1.165, 1.54) is 11.3 Å². The van der Waals surface area contributed by atoms with E-state index in [4.69, 9.17) is 5.41 Å². The highest BCUT2D eigenvalue weighted by Crippen LogP contribution is 2.22. The van der Waals surface area contributed by atoms with Gasteiger partial charge in [-0.15, -0.1) is 11.3 Å². The predicted octanol–water partition coefficient (Wildman–Crippen LogP) is 3.77. The molecular formula is C20H19N3OS. The second-order valence-electron chi connectivity index (χ2n) is 6.03. The number of fused-ring (bicyclic) bond motifs is 1. The molecule has 0 aliphatic carbocycles. The third kappa shape index (κ3) is 3.04. The number of imidazole rings is 1. The number of nitrogens with zero attached hydrogens (tertiary/aromatic N) is 2. The van der Waals surface area contributed by atoms with Gasteiger partial charge in [-0.25, -0.2) is 0 Å². The lowest BCUT2D eigenvalue weighted by Crippen LogP contribution is -2.27. The first-order valence-corrected chi connectivity index (χ1v) is 9.10. The van der Waals surface area contributed by atoms with Crippen molar-refractivity contribution < 1.29 is 5.11 Å². The summed E-state index contributed by atoms with van der Waals surface area (Å²) in [6.45, 7) is 1.02. The third-order valence-electron chi connectivity index (χ3n) is 4.39. The van der Waals surface area contributed by atoms with E-state index >= 15 is 0 Å². The van der Waals surface area contributed by atoms with Crippen LogP contribution in [-0.2, 0) is 13.1 Å². The maximum Gasteiger partial charge on any atom is 0.203 e. The lowest BCUT2D eigenvalue weighted by atomic mass is 10.2. The highest BCUT2D eigenvalue weighted by molar-refractivity contribution is 7.10. The average Bonchev–Trinajstić information content (AvgIpc) is 3.26. The molecule has 0 spiro atoms. The molecule has 2 aromatic carbocycles. The second-order valence-corrected chi connectivity index (χ2v) is 7.01. The van der Waals surface area contributed by atoms with Crippen LogP contribution in [-0.4, -0.2) is 14.2 Å². The van der Waals surface area contributed by atoms with Crippen LogP contribution >= 0.6 is 11.3 Å². The Hall–Kier alpha value is -2.63. The molecule has 0 radical (unpaired) electrons. The van der Waals surface area contributed by atoms with E-state index in [-0.39, 0.29) is 0 Å². The van der Waals surface area contributed by atoms with Gasteiger partial charge in [-0.1, -0.05) is 48.5 Å². The highest BCUT2D eigenvalue weighted by Gasteiger charge is 2.15. The van der Waals surface area contributed by atoms with Crippen molar-refractivity contribution in [2.24, 2.45) is 0 Å². The summed E-state index contributed by atoms with van der Waals surface area (Å²) in [5.74, 6) is 0. The fourth-order valence-corrected chi connectivity index (χ4v) is 3.85. The summed E-state index contributed by atoms with van der Waals surface area (Å²) in [7, 11) is 0. The van der Waals surface area contributed by atoms with E-state index in [1.54, 1.807) is 0 Å². The van der Waals surface area contributed by atoms with E-state index in [2.05, 4.69) is 12.1 Å². The molecule has 5 heteroatoms. The molecule has 0 saturated heterocycles. The summed E-state index contributed by atoms with van der Waals surface area (Å²) >= 11 is 1.54. The zero-order valence-corrected chi connectivity index (χ0v) is 14.5. The Balaban J connectivity index is 1.77. The molecule has 25 heavy (non-hydrogen) atoms. The molecule has 0 bridgehead atoms. The number of hydrogen-bond donors (Lipinski definition) is 2. The number of para-hydroxylation sites is 2. The summed E-state index contributed by atoms with van der Waals surface area (Å²) in [6, 6.07) is 22.0. The molecule has 0 saturated carbocycles. The molecule has 0 amide bonds. The number of nitrogens with one attached hydrogen (secondary N) is 1. The summed E-state index contributed by atoms with van der Waals surface area (Å²) < 4.78 is 3.88. The van der Waals surface area contributed by atoms with Crippen LogP contribution < -0.4 is 5.62 Å². The fraction of sp³-hybridized carbons (Fsp3) is 0.150. The normalized spacial score (nSPS) is 12.5. The predicted molar refractivity (Wildman–Crippen MR) is 101 cm³/mol. The molecule has 0 unspecified atom stereocenters. The van der Waals surface area contributed by atoms with E-state index in [9.17, 15) is 5.11 Å². The topological polar surface area (TPSA) is 53.9 Å². The minimum Gasteiger partial charge on any atom is -0.386 e. The van der Waals surface area contributed by atoms with E-state index in [1.807, 2.05) is 69.1 Å². The molecule has 2 heterocycles. The number of aromatic nitrogens is 2. The largest absolute Gasteiger partial charge is 0.386 e. The lowest BCUT2D eigenvalue weighted by Gasteiger charge is -2.10. The van der Waals surface area contributed by atoms with Crippen LogP contribution in [0.1, 0.15) is 16.5 Å². The van der Waals surface area contributed by atoms with Crippen molar-refractivity contribution in [2.45, 2.75) is 19.2 Å². The lowest BCUT2D eigenvalue weighted by molar-refractivity contribution is 0.159. The van der Waals surface area contributed by atoms with Gasteiger partial charge < -0.3 is 14.2 Å². The number of rotatable bonds is 5. The molecule has 1 atom stereocenters. The average molecular weight is 349 g/mol. The number of hydrogen-bond acceptors (Lipinski definition) is 3. The molecule has 0 fully saturated rings. The van der Waals surface area contributed by atoms with Gasteiger partial charge in [0.25, 0.3) is 0 Å². The Kier molecular flexibility index (Phi) is 4.26. The molecule has 126 valence electrons. The van der Waals surface area contributed by atoms with Gasteiger partial charge in [-0.05, 0) is 29.1 Å². The van der Waals surface area contributed by atoms with Crippen LogP contribution in [0.4, 0.5) is 0 Å². The molecule has 2 aromatic heterocycles. The minimum atomic E-state index is -0.606. The minimum absolute atomic E-state index is 0.377. The van der Waals surface area contributed by atoms with E-state index in [0.29, 0.717) is 18.7 Å². The van der Waals surface area contributed by atoms with Crippen LogP contribution in [0.2, 0.25) is 0 Å². The van der Waals surface area contributed by atoms with Crippen molar-refractivity contribution in [1.82, 2.24) is 9.13 Å². The van der Waals surface area contributed by atoms with Crippen molar-refractivity contribution in [3.63, 3.8) is 0 Å². The van der Waals surface area contributed by atoms with Gasteiger partial charge in [-0.3, -0.25) is 5.41 Å². The maximum absolute atomic E-state index is 10.5. The summed E-state index contributed by atoms with van der Waals surface area (Å²) in [4.78, 5) is 0.923. The highest BCUT2D eigenvalue weighted by atomic mass is 32.1. The first kappa shape index (κ1) is 15.9. The van der Waals surface area contributed by atoms with Crippen LogP contribution in [0.25, 0.3) is 11.0 Å². The van der Waals surface area contributed by atoms with Crippen LogP contribution in [0.15, 0.2) is 72.1 Å². The molecular weight excluding hydrogens is 330 g/mol. The van der Waals surface area contributed by atoms with Crippen LogP contribution in [0.3, 0.4) is 0 Å². The van der Waals surface area contributed by atoms with Gasteiger partial charge in [0.15, 0.2) is 0 Å². The second kappa shape index (κ2) is 6.70. The molecule has 4 rings (SSSR count). The third-order valence-corrected chi connectivity index (χ3v) is 5.36. The van der Waals surface area contributed by atoms with E-state index in [0.717, 1.165) is 21.5 Å². The van der Waals surface area contributed by atoms with Gasteiger partial charge >= 0.3 is 0 Å². The smallest absolute Gasteiger partial charge is 0.203 e. The van der Waals surface area contributed by atoms with Gasteiger partial charge in [0.2, 0.25) is 5.62 Å². The summed E-state index contributed by atoms with van der Waals surface area (Å²) in [6.07, 6.45) is -0.606. The Bertz CT molecular complexity index is 1030. The van der Waals surface area contributed by atoms with Crippen molar-refractivity contribution in [3.8, 4) is 0 Å². The SMILES string of the molecule is N=c1n(Cc2ccccc2)c2ccccc2n1C[C@H](O)c1cccs1. The maximum atomic E-state index is 10.5. The Morgan fingerprint density at radius 1 is 0.880 bits per heavy atom. The van der Waals surface area contributed by atoms with E-state index < -0.39 is 6.10 Å². The summed E-state index contributed by atoms with van der Waals surface area (Å²) in [5, 5.41) is 21.2. The van der Waals surface area contributed by atoms with Crippen molar-refractivity contribution in [1.29, 1.82) is 5.41 Å². The van der Waals surface area contributed by atoms with Gasteiger partial charge in [0.1, 0.15) is 6.10 Å². The van der Waals surface area contributed by atoms with Gasteiger partial charge in [0.05, 0.1) is 24.1 Å². The Morgan fingerprint density at radius 2 is 1.56 bits per heavy atom. The first-order chi connectivity index (χ1) is 12.2. The Morgan fingerprint density at radius 3 is 2.24 bits per heavy atom. The fourth-order valence-electron chi connectivity index (χ4n) is 3.15. The van der Waals surface area contributed by atoms with Crippen molar-refractivity contribution in [3.05, 3.63) is 88.2 Å². The zero-order valence-electron chi connectivity index (χ0n) is 13.7. The van der Waals surface area contributed by atoms with Gasteiger partial charge in [0, 0.05) is 4.88 Å². The Labute approximate surface area is 149 Å². The number of benzene rings is 2. The quantitative estimate of drug-likeness (QED) is 0.566. The number of thiophene rings is 1. The van der Waals surface area contributed by atoms with Crippen LogP contribution in [0, 0.1) is 5.41 Å². The molecule has 4 aromatic rings.